The van der Waals surface area contributed by atoms with Crippen molar-refractivity contribution < 1.29 is 14.3 Å². The number of methoxy groups -OCH3 is 1. The van der Waals surface area contributed by atoms with E-state index in [-0.39, 0.29) is 12.3 Å². The molecule has 2 aromatic carbocycles. The smallest absolute Gasteiger partial charge is 0.354 e. The van der Waals surface area contributed by atoms with Gasteiger partial charge in [-0.2, -0.15) is 5.10 Å². The summed E-state index contributed by atoms with van der Waals surface area (Å²) in [6.45, 7) is 3.80. The molecule has 0 bridgehead atoms. The Labute approximate surface area is 179 Å². The van der Waals surface area contributed by atoms with Crippen LogP contribution in [-0.2, 0) is 14.3 Å². The largest absolute Gasteiger partial charge is 0.461 e. The van der Waals surface area contributed by atoms with Crippen LogP contribution in [0.3, 0.4) is 0 Å². The van der Waals surface area contributed by atoms with E-state index in [1.165, 1.54) is 0 Å². The fourth-order valence-corrected chi connectivity index (χ4v) is 3.24. The number of halogens is 3. The maximum atomic E-state index is 12.5. The number of carbonyl (C=O) groups is 1. The number of hydrogen-bond donors (Lipinski definition) is 1. The number of benzene rings is 2. The summed E-state index contributed by atoms with van der Waals surface area (Å²) in [7, 11) is 1.57. The Balaban J connectivity index is 2.34. The normalized spacial score (nSPS) is 13.7. The van der Waals surface area contributed by atoms with Crippen molar-refractivity contribution in [3.8, 4) is 0 Å². The molecule has 2 rings (SSSR count). The molecular weight excluding hydrogens is 423 g/mol. The summed E-state index contributed by atoms with van der Waals surface area (Å²) in [4.78, 5) is 12.5. The van der Waals surface area contributed by atoms with Gasteiger partial charge in [-0.1, -0.05) is 53.9 Å². The highest BCUT2D eigenvalue weighted by Gasteiger charge is 2.29. The number of esters is 1. The number of rotatable bonds is 8. The topological polar surface area (TPSA) is 59.9 Å². The molecule has 0 saturated heterocycles. The van der Waals surface area contributed by atoms with Gasteiger partial charge in [-0.25, -0.2) is 4.79 Å². The van der Waals surface area contributed by atoms with Crippen LogP contribution < -0.4 is 5.43 Å². The standard InChI is InChI=1S/C20H21Cl3N2O3/c1-4-28-20(26)18(25-24-17-10-9-15(22)11-16(17)23)12(2)19(27-3)13-5-7-14(21)8-6-13/h5-12,19,24H,4H2,1-3H3/b25-18-. The average Bonchev–Trinajstić information content (AvgIpc) is 2.66. The molecule has 0 spiro atoms. The van der Waals surface area contributed by atoms with E-state index < -0.39 is 18.0 Å². The molecule has 1 N–H and O–H groups in total. The first kappa shape index (κ1) is 22.5. The molecule has 0 aliphatic carbocycles. The molecule has 5 nitrogen and oxygen atoms in total. The molecule has 0 aliphatic rings. The third-order valence-corrected chi connectivity index (χ3v) is 4.85. The van der Waals surface area contributed by atoms with E-state index in [1.54, 1.807) is 44.4 Å². The van der Waals surface area contributed by atoms with Gasteiger partial charge >= 0.3 is 5.97 Å². The van der Waals surface area contributed by atoms with Crippen LogP contribution in [0.2, 0.25) is 15.1 Å². The monoisotopic (exact) mass is 442 g/mol. The van der Waals surface area contributed by atoms with E-state index in [9.17, 15) is 4.79 Å². The SMILES string of the molecule is CCOC(=O)/C(=N\Nc1ccc(Cl)cc1Cl)C(C)C(OC)c1ccc(Cl)cc1. The molecule has 0 aromatic heterocycles. The van der Waals surface area contributed by atoms with Crippen LogP contribution in [-0.4, -0.2) is 25.4 Å². The Kier molecular flexibility index (Phi) is 8.58. The van der Waals surface area contributed by atoms with Gasteiger partial charge in [0.25, 0.3) is 0 Å². The maximum Gasteiger partial charge on any atom is 0.354 e. The molecule has 0 radical (unpaired) electrons. The van der Waals surface area contributed by atoms with Crippen molar-refractivity contribution in [2.45, 2.75) is 20.0 Å². The lowest BCUT2D eigenvalue weighted by Gasteiger charge is -2.24. The van der Waals surface area contributed by atoms with Gasteiger partial charge in [-0.15, -0.1) is 0 Å². The van der Waals surface area contributed by atoms with Crippen molar-refractivity contribution in [3.63, 3.8) is 0 Å². The van der Waals surface area contributed by atoms with E-state index in [4.69, 9.17) is 44.3 Å². The highest BCUT2D eigenvalue weighted by atomic mass is 35.5. The highest BCUT2D eigenvalue weighted by Crippen LogP contribution is 2.29. The van der Waals surface area contributed by atoms with Crippen LogP contribution in [0.25, 0.3) is 0 Å². The van der Waals surface area contributed by atoms with Crippen LogP contribution >= 0.6 is 34.8 Å². The summed E-state index contributed by atoms with van der Waals surface area (Å²) < 4.78 is 10.8. The summed E-state index contributed by atoms with van der Waals surface area (Å²) in [5.74, 6) is -0.951. The van der Waals surface area contributed by atoms with Crippen molar-refractivity contribution in [1.29, 1.82) is 0 Å². The molecule has 0 aliphatic heterocycles. The zero-order valence-corrected chi connectivity index (χ0v) is 18.0. The number of nitrogens with zero attached hydrogens (tertiary/aromatic N) is 1. The lowest BCUT2D eigenvalue weighted by Crippen LogP contribution is -2.30. The van der Waals surface area contributed by atoms with E-state index in [0.717, 1.165) is 5.56 Å². The van der Waals surface area contributed by atoms with E-state index >= 15 is 0 Å². The average molecular weight is 444 g/mol. The van der Waals surface area contributed by atoms with Gasteiger partial charge in [0.15, 0.2) is 5.71 Å². The van der Waals surface area contributed by atoms with Crippen molar-refractivity contribution in [2.24, 2.45) is 11.0 Å². The number of carbonyl (C=O) groups excluding carboxylic acids is 1. The van der Waals surface area contributed by atoms with E-state index in [1.807, 2.05) is 19.1 Å². The summed E-state index contributed by atoms with van der Waals surface area (Å²) in [5.41, 5.74) is 4.37. The van der Waals surface area contributed by atoms with Crippen LogP contribution in [0.5, 0.6) is 0 Å². The second-order valence-electron chi connectivity index (χ2n) is 5.95. The predicted molar refractivity (Wildman–Crippen MR) is 115 cm³/mol. The molecular formula is C20H21Cl3N2O3. The molecule has 0 heterocycles. The van der Waals surface area contributed by atoms with E-state index in [0.29, 0.717) is 20.8 Å². The summed E-state index contributed by atoms with van der Waals surface area (Å²) in [6, 6.07) is 12.2. The second kappa shape index (κ2) is 10.7. The number of hydrazone groups is 1. The van der Waals surface area contributed by atoms with Crippen LogP contribution in [0, 0.1) is 5.92 Å². The zero-order valence-electron chi connectivity index (χ0n) is 15.7. The summed E-state index contributed by atoms with van der Waals surface area (Å²) in [5, 5.41) is 5.77. The van der Waals surface area contributed by atoms with Gasteiger partial charge in [-0.3, -0.25) is 5.43 Å². The summed E-state index contributed by atoms with van der Waals surface area (Å²) >= 11 is 18.0. The van der Waals surface area contributed by atoms with Gasteiger partial charge in [0, 0.05) is 23.1 Å². The maximum absolute atomic E-state index is 12.5. The first-order valence-electron chi connectivity index (χ1n) is 8.61. The fraction of sp³-hybridized carbons (Fsp3) is 0.300. The van der Waals surface area contributed by atoms with Crippen molar-refractivity contribution in [2.75, 3.05) is 19.1 Å². The van der Waals surface area contributed by atoms with Gasteiger partial charge < -0.3 is 9.47 Å². The Hall–Kier alpha value is -1.79. The van der Waals surface area contributed by atoms with Crippen LogP contribution in [0.15, 0.2) is 47.6 Å². The van der Waals surface area contributed by atoms with Gasteiger partial charge in [0.05, 0.1) is 23.4 Å². The molecule has 2 atom stereocenters. The molecule has 150 valence electrons. The first-order valence-corrected chi connectivity index (χ1v) is 9.74. The number of nitrogens with one attached hydrogen (secondary N) is 1. The Morgan fingerprint density at radius 1 is 1.11 bits per heavy atom. The predicted octanol–water partition coefficient (Wildman–Crippen LogP) is 6.00. The minimum Gasteiger partial charge on any atom is -0.461 e. The van der Waals surface area contributed by atoms with Crippen molar-refractivity contribution in [1.82, 2.24) is 0 Å². The lowest BCUT2D eigenvalue weighted by atomic mass is 9.93. The van der Waals surface area contributed by atoms with Crippen LogP contribution in [0.4, 0.5) is 5.69 Å². The first-order chi connectivity index (χ1) is 13.4. The Morgan fingerprint density at radius 3 is 2.32 bits per heavy atom. The quantitative estimate of drug-likeness (QED) is 0.309. The second-order valence-corrected chi connectivity index (χ2v) is 7.23. The number of ether oxygens (including phenoxy) is 2. The Morgan fingerprint density at radius 2 is 1.75 bits per heavy atom. The number of hydrogen-bond acceptors (Lipinski definition) is 5. The molecule has 0 fully saturated rings. The van der Waals surface area contributed by atoms with Crippen LogP contribution in [0.1, 0.15) is 25.5 Å². The van der Waals surface area contributed by atoms with Gasteiger partial charge in [0.2, 0.25) is 0 Å². The van der Waals surface area contributed by atoms with Crippen molar-refractivity contribution in [3.05, 3.63) is 63.1 Å². The van der Waals surface area contributed by atoms with Crippen molar-refractivity contribution >= 4 is 52.2 Å². The molecule has 28 heavy (non-hydrogen) atoms. The Bertz CT molecular complexity index is 841. The highest BCUT2D eigenvalue weighted by molar-refractivity contribution is 6.38. The minimum atomic E-state index is -0.538. The van der Waals surface area contributed by atoms with Gasteiger partial charge in [0.1, 0.15) is 0 Å². The van der Waals surface area contributed by atoms with E-state index in [2.05, 4.69) is 10.5 Å². The third kappa shape index (κ3) is 5.85. The molecule has 0 saturated carbocycles. The fourth-order valence-electron chi connectivity index (χ4n) is 2.66. The summed E-state index contributed by atoms with van der Waals surface area (Å²) in [6.07, 6.45) is -0.428. The minimum absolute atomic E-state index is 0.176. The molecule has 2 aromatic rings. The molecule has 8 heteroatoms. The molecule has 2 unspecified atom stereocenters. The third-order valence-electron chi connectivity index (χ3n) is 4.05. The molecule has 0 amide bonds. The lowest BCUT2D eigenvalue weighted by molar-refractivity contribution is -0.135. The zero-order chi connectivity index (χ0) is 20.7. The number of anilines is 1. The van der Waals surface area contributed by atoms with Gasteiger partial charge in [-0.05, 0) is 42.8 Å².